The molecule has 3 heteroatoms. The molecule has 0 aliphatic carbocycles. The topological polar surface area (TPSA) is 43.1 Å². The molecule has 2 rings (SSSR count). The average molecular weight is 271 g/mol. The molecule has 2 aromatic rings. The lowest BCUT2D eigenvalue weighted by Crippen LogP contribution is -2.11. The van der Waals surface area contributed by atoms with Gasteiger partial charge < -0.3 is 5.73 Å². The first-order valence-corrected chi connectivity index (χ1v) is 6.50. The van der Waals surface area contributed by atoms with Gasteiger partial charge in [-0.25, -0.2) is 4.39 Å². The van der Waals surface area contributed by atoms with E-state index in [1.807, 2.05) is 33.8 Å². The summed E-state index contributed by atoms with van der Waals surface area (Å²) in [4.78, 5) is 12.7. The lowest BCUT2D eigenvalue weighted by molar-refractivity contribution is 0.103. The third kappa shape index (κ3) is 2.31. The Bertz CT molecular complexity index is 678. The maximum Gasteiger partial charge on any atom is 0.196 e. The van der Waals surface area contributed by atoms with Crippen LogP contribution in [0.1, 0.15) is 38.2 Å². The van der Waals surface area contributed by atoms with Crippen molar-refractivity contribution in [2.45, 2.75) is 27.7 Å². The largest absolute Gasteiger partial charge is 0.399 e. The summed E-state index contributed by atoms with van der Waals surface area (Å²) in [5.74, 6) is -0.848. The van der Waals surface area contributed by atoms with Gasteiger partial charge in [-0.2, -0.15) is 0 Å². The normalized spacial score (nSPS) is 10.7. The summed E-state index contributed by atoms with van der Waals surface area (Å²) in [5.41, 5.74) is 10.5. The second-order valence-electron chi connectivity index (χ2n) is 5.20. The Hall–Kier alpha value is -2.16. The monoisotopic (exact) mass is 271 g/mol. The van der Waals surface area contributed by atoms with Crippen molar-refractivity contribution in [3.8, 4) is 0 Å². The Kier molecular flexibility index (Phi) is 3.62. The molecule has 0 atom stereocenters. The number of hydrogen-bond donors (Lipinski definition) is 1. The van der Waals surface area contributed by atoms with Crippen LogP contribution in [0, 0.1) is 33.5 Å². The Morgan fingerprint density at radius 1 is 1.00 bits per heavy atom. The summed E-state index contributed by atoms with van der Waals surface area (Å²) in [5, 5.41) is 0. The van der Waals surface area contributed by atoms with Crippen molar-refractivity contribution < 1.29 is 9.18 Å². The van der Waals surface area contributed by atoms with Gasteiger partial charge in [0.25, 0.3) is 0 Å². The first kappa shape index (κ1) is 14.3. The van der Waals surface area contributed by atoms with Gasteiger partial charge in [-0.05, 0) is 68.1 Å². The van der Waals surface area contributed by atoms with E-state index in [0.717, 1.165) is 22.3 Å². The van der Waals surface area contributed by atoms with Gasteiger partial charge in [0.1, 0.15) is 5.82 Å². The van der Waals surface area contributed by atoms with Crippen molar-refractivity contribution in [3.05, 3.63) is 63.5 Å². The van der Waals surface area contributed by atoms with E-state index < -0.39 is 5.82 Å². The molecule has 0 bridgehead atoms. The molecule has 0 aliphatic heterocycles. The summed E-state index contributed by atoms with van der Waals surface area (Å²) in [6, 6.07) is 6.12. The SMILES string of the molecule is Cc1cc(C)c(C)c(C(=O)c2cc(N)ccc2F)c1C. The van der Waals surface area contributed by atoms with E-state index in [0.29, 0.717) is 11.3 Å². The van der Waals surface area contributed by atoms with Crippen molar-refractivity contribution in [2.24, 2.45) is 0 Å². The van der Waals surface area contributed by atoms with Crippen LogP contribution >= 0.6 is 0 Å². The molecule has 0 saturated heterocycles. The number of benzene rings is 2. The van der Waals surface area contributed by atoms with E-state index in [2.05, 4.69) is 0 Å². The fourth-order valence-electron chi connectivity index (χ4n) is 2.41. The lowest BCUT2D eigenvalue weighted by Gasteiger charge is -2.15. The first-order chi connectivity index (χ1) is 9.32. The molecule has 0 saturated carbocycles. The second kappa shape index (κ2) is 5.08. The molecule has 0 fully saturated rings. The number of nitrogens with two attached hydrogens (primary N) is 1. The predicted octanol–water partition coefficient (Wildman–Crippen LogP) is 3.87. The van der Waals surface area contributed by atoms with Gasteiger partial charge in [0, 0.05) is 11.3 Å². The summed E-state index contributed by atoms with van der Waals surface area (Å²) in [6.45, 7) is 7.68. The molecule has 2 nitrogen and oxygen atoms in total. The minimum Gasteiger partial charge on any atom is -0.399 e. The Labute approximate surface area is 118 Å². The number of nitrogen functional groups attached to an aromatic ring is 1. The van der Waals surface area contributed by atoms with E-state index in [1.165, 1.54) is 18.2 Å². The maximum absolute atomic E-state index is 13.9. The molecule has 0 amide bonds. The van der Waals surface area contributed by atoms with Gasteiger partial charge in [0.05, 0.1) is 5.56 Å². The average Bonchev–Trinajstić information content (AvgIpc) is 2.39. The van der Waals surface area contributed by atoms with Gasteiger partial charge >= 0.3 is 0 Å². The Balaban J connectivity index is 2.68. The zero-order valence-electron chi connectivity index (χ0n) is 12.2. The zero-order chi connectivity index (χ0) is 15.0. The molecule has 2 aromatic carbocycles. The molecule has 0 unspecified atom stereocenters. The number of aryl methyl sites for hydroxylation is 2. The summed E-state index contributed by atoms with van der Waals surface area (Å²) >= 11 is 0. The molecule has 0 spiro atoms. The maximum atomic E-state index is 13.9. The molecule has 0 heterocycles. The minimum absolute atomic E-state index is 0.0289. The van der Waals surface area contributed by atoms with Crippen molar-refractivity contribution in [1.82, 2.24) is 0 Å². The fraction of sp³-hybridized carbons (Fsp3) is 0.235. The molecule has 2 N–H and O–H groups in total. The fourth-order valence-corrected chi connectivity index (χ4v) is 2.41. The summed E-state index contributed by atoms with van der Waals surface area (Å²) < 4.78 is 13.9. The number of carbonyl (C=O) groups is 1. The van der Waals surface area contributed by atoms with Gasteiger partial charge in [0.2, 0.25) is 0 Å². The third-order valence-electron chi connectivity index (χ3n) is 3.83. The standard InChI is InChI=1S/C17H18FNO/c1-9-7-10(2)12(4)16(11(9)3)17(20)14-8-13(19)5-6-15(14)18/h5-8H,19H2,1-4H3. The molecule has 0 aliphatic rings. The van der Waals surface area contributed by atoms with E-state index in [4.69, 9.17) is 5.73 Å². The molecule has 104 valence electrons. The highest BCUT2D eigenvalue weighted by Gasteiger charge is 2.20. The number of anilines is 1. The smallest absolute Gasteiger partial charge is 0.196 e. The number of ketones is 1. The minimum atomic E-state index is -0.540. The quantitative estimate of drug-likeness (QED) is 0.665. The number of carbonyl (C=O) groups excluding carboxylic acids is 1. The van der Waals surface area contributed by atoms with Gasteiger partial charge in [-0.3, -0.25) is 4.79 Å². The Morgan fingerprint density at radius 3 is 2.10 bits per heavy atom. The zero-order valence-corrected chi connectivity index (χ0v) is 12.2. The first-order valence-electron chi connectivity index (χ1n) is 6.50. The second-order valence-corrected chi connectivity index (χ2v) is 5.20. The van der Waals surface area contributed by atoms with Crippen LogP contribution < -0.4 is 5.73 Å². The van der Waals surface area contributed by atoms with Crippen LogP contribution in [0.25, 0.3) is 0 Å². The van der Waals surface area contributed by atoms with Crippen LogP contribution in [0.5, 0.6) is 0 Å². The van der Waals surface area contributed by atoms with Crippen molar-refractivity contribution >= 4 is 11.5 Å². The molecule has 0 radical (unpaired) electrons. The van der Waals surface area contributed by atoms with E-state index >= 15 is 0 Å². The van der Waals surface area contributed by atoms with Crippen molar-refractivity contribution in [3.63, 3.8) is 0 Å². The third-order valence-corrected chi connectivity index (χ3v) is 3.83. The number of halogens is 1. The number of hydrogen-bond acceptors (Lipinski definition) is 2. The van der Waals surface area contributed by atoms with Gasteiger partial charge in [-0.1, -0.05) is 6.07 Å². The molecule has 0 aromatic heterocycles. The van der Waals surface area contributed by atoms with Crippen LogP contribution in [0.3, 0.4) is 0 Å². The Morgan fingerprint density at radius 2 is 1.55 bits per heavy atom. The highest BCUT2D eigenvalue weighted by atomic mass is 19.1. The van der Waals surface area contributed by atoms with E-state index in [-0.39, 0.29) is 11.3 Å². The highest BCUT2D eigenvalue weighted by Crippen LogP contribution is 2.26. The van der Waals surface area contributed by atoms with E-state index in [9.17, 15) is 9.18 Å². The number of rotatable bonds is 2. The van der Waals surface area contributed by atoms with Crippen LogP contribution in [0.2, 0.25) is 0 Å². The van der Waals surface area contributed by atoms with E-state index in [1.54, 1.807) is 0 Å². The molecule has 20 heavy (non-hydrogen) atoms. The van der Waals surface area contributed by atoms with Crippen LogP contribution in [0.15, 0.2) is 24.3 Å². The van der Waals surface area contributed by atoms with Gasteiger partial charge in [-0.15, -0.1) is 0 Å². The molecular weight excluding hydrogens is 253 g/mol. The molecular formula is C17H18FNO. The van der Waals surface area contributed by atoms with Crippen LogP contribution in [0.4, 0.5) is 10.1 Å². The lowest BCUT2D eigenvalue weighted by atomic mass is 9.89. The highest BCUT2D eigenvalue weighted by molar-refractivity contribution is 6.11. The predicted molar refractivity (Wildman–Crippen MR) is 79.6 cm³/mol. The van der Waals surface area contributed by atoms with Gasteiger partial charge in [0.15, 0.2) is 5.78 Å². The summed E-state index contributed by atoms with van der Waals surface area (Å²) in [7, 11) is 0. The van der Waals surface area contributed by atoms with Crippen LogP contribution in [-0.2, 0) is 0 Å². The van der Waals surface area contributed by atoms with Crippen molar-refractivity contribution in [1.29, 1.82) is 0 Å². The summed E-state index contributed by atoms with van der Waals surface area (Å²) in [6.07, 6.45) is 0. The van der Waals surface area contributed by atoms with Crippen molar-refractivity contribution in [2.75, 3.05) is 5.73 Å². The van der Waals surface area contributed by atoms with Crippen LogP contribution in [-0.4, -0.2) is 5.78 Å².